The molecule has 1 aromatic carbocycles. The Morgan fingerprint density at radius 1 is 1.28 bits per heavy atom. The average molecular weight is 280 g/mol. The van der Waals surface area contributed by atoms with Crippen LogP contribution >= 0.6 is 23.2 Å². The molecule has 0 aliphatic rings. The van der Waals surface area contributed by atoms with Gasteiger partial charge in [-0.1, -0.05) is 23.2 Å². The highest BCUT2D eigenvalue weighted by Crippen LogP contribution is 2.28. The van der Waals surface area contributed by atoms with Crippen molar-refractivity contribution < 1.29 is 0 Å². The first kappa shape index (κ1) is 12.4. The van der Waals surface area contributed by atoms with E-state index in [0.717, 1.165) is 0 Å². The van der Waals surface area contributed by atoms with Gasteiger partial charge in [-0.25, -0.2) is 4.98 Å². The molecule has 90 valence electrons. The summed E-state index contributed by atoms with van der Waals surface area (Å²) >= 11 is 11.9. The molecule has 18 heavy (non-hydrogen) atoms. The number of nitriles is 1. The van der Waals surface area contributed by atoms with Gasteiger partial charge in [-0.3, -0.25) is 0 Å². The molecular formula is C11H7Cl2N5. The zero-order valence-electron chi connectivity index (χ0n) is 8.98. The standard InChI is InChI=1S/C11H7Cl2N5/c12-7-2-1-6(4-14)3-9(7)17-10-8(13)5-16-11(15)18-10/h1-3,5H,(H3,15,16,17,18). The van der Waals surface area contributed by atoms with Crippen LogP contribution in [0.2, 0.25) is 10.0 Å². The minimum Gasteiger partial charge on any atom is -0.368 e. The minimum absolute atomic E-state index is 0.0921. The zero-order chi connectivity index (χ0) is 13.1. The van der Waals surface area contributed by atoms with Crippen molar-refractivity contribution in [2.75, 3.05) is 11.1 Å². The number of hydrogen-bond acceptors (Lipinski definition) is 5. The van der Waals surface area contributed by atoms with Crippen molar-refractivity contribution in [3.63, 3.8) is 0 Å². The minimum atomic E-state index is 0.0921. The molecule has 0 aliphatic carbocycles. The number of nitrogens with zero attached hydrogens (tertiary/aromatic N) is 3. The Bertz CT molecular complexity index is 636. The Hall–Kier alpha value is -2.03. The van der Waals surface area contributed by atoms with E-state index < -0.39 is 0 Å². The number of nitrogen functional groups attached to an aromatic ring is 1. The molecule has 0 spiro atoms. The van der Waals surface area contributed by atoms with Gasteiger partial charge in [0.25, 0.3) is 0 Å². The molecule has 3 N–H and O–H groups in total. The second kappa shape index (κ2) is 5.08. The highest BCUT2D eigenvalue weighted by molar-refractivity contribution is 6.34. The summed E-state index contributed by atoms with van der Waals surface area (Å²) in [6.07, 6.45) is 1.38. The Balaban J connectivity index is 2.39. The van der Waals surface area contributed by atoms with Crippen LogP contribution < -0.4 is 11.1 Å². The van der Waals surface area contributed by atoms with E-state index in [2.05, 4.69) is 15.3 Å². The number of nitrogens with two attached hydrogens (primary N) is 1. The van der Waals surface area contributed by atoms with Crippen molar-refractivity contribution in [2.24, 2.45) is 0 Å². The van der Waals surface area contributed by atoms with Crippen molar-refractivity contribution in [3.8, 4) is 6.07 Å². The van der Waals surface area contributed by atoms with Gasteiger partial charge in [-0.2, -0.15) is 10.2 Å². The lowest BCUT2D eigenvalue weighted by molar-refractivity contribution is 1.18. The summed E-state index contributed by atoms with van der Waals surface area (Å²) < 4.78 is 0. The first-order chi connectivity index (χ1) is 8.60. The van der Waals surface area contributed by atoms with Crippen LogP contribution in [-0.4, -0.2) is 9.97 Å². The number of halogens is 2. The molecule has 2 rings (SSSR count). The Morgan fingerprint density at radius 3 is 2.78 bits per heavy atom. The Labute approximate surface area is 113 Å². The highest BCUT2D eigenvalue weighted by Gasteiger charge is 2.07. The second-order valence-electron chi connectivity index (χ2n) is 3.36. The molecule has 0 radical (unpaired) electrons. The van der Waals surface area contributed by atoms with Crippen molar-refractivity contribution >= 4 is 40.7 Å². The van der Waals surface area contributed by atoms with Crippen molar-refractivity contribution in [1.82, 2.24) is 9.97 Å². The van der Waals surface area contributed by atoms with Crippen LogP contribution in [0.5, 0.6) is 0 Å². The molecule has 5 nitrogen and oxygen atoms in total. The van der Waals surface area contributed by atoms with E-state index in [1.807, 2.05) is 6.07 Å². The molecular weight excluding hydrogens is 273 g/mol. The van der Waals surface area contributed by atoms with E-state index in [4.69, 9.17) is 34.2 Å². The van der Waals surface area contributed by atoms with Gasteiger partial charge in [0.2, 0.25) is 5.95 Å². The fraction of sp³-hybridized carbons (Fsp3) is 0. The van der Waals surface area contributed by atoms with Gasteiger partial charge in [-0.05, 0) is 18.2 Å². The summed E-state index contributed by atoms with van der Waals surface area (Å²) in [5, 5.41) is 12.5. The summed E-state index contributed by atoms with van der Waals surface area (Å²) in [4.78, 5) is 7.69. The maximum absolute atomic E-state index is 8.83. The van der Waals surface area contributed by atoms with Gasteiger partial charge in [0.15, 0.2) is 5.82 Å². The molecule has 0 amide bonds. The van der Waals surface area contributed by atoms with Crippen LogP contribution in [0.25, 0.3) is 0 Å². The number of rotatable bonds is 2. The molecule has 0 atom stereocenters. The van der Waals surface area contributed by atoms with Crippen LogP contribution in [0.4, 0.5) is 17.5 Å². The SMILES string of the molecule is N#Cc1ccc(Cl)c(Nc2nc(N)ncc2Cl)c1. The summed E-state index contributed by atoms with van der Waals surface area (Å²) in [7, 11) is 0. The predicted octanol–water partition coefficient (Wildman–Crippen LogP) is 2.98. The van der Waals surface area contributed by atoms with Gasteiger partial charge >= 0.3 is 0 Å². The summed E-state index contributed by atoms with van der Waals surface area (Å²) in [6.45, 7) is 0. The maximum atomic E-state index is 8.83. The zero-order valence-corrected chi connectivity index (χ0v) is 10.5. The molecule has 1 aromatic heterocycles. The van der Waals surface area contributed by atoms with E-state index >= 15 is 0 Å². The quantitative estimate of drug-likeness (QED) is 0.882. The smallest absolute Gasteiger partial charge is 0.222 e. The molecule has 0 unspecified atom stereocenters. The van der Waals surface area contributed by atoms with Crippen molar-refractivity contribution in [3.05, 3.63) is 40.0 Å². The van der Waals surface area contributed by atoms with Crippen molar-refractivity contribution in [1.29, 1.82) is 5.26 Å². The largest absolute Gasteiger partial charge is 0.368 e. The molecule has 0 saturated heterocycles. The molecule has 0 saturated carbocycles. The van der Waals surface area contributed by atoms with Gasteiger partial charge in [0, 0.05) is 0 Å². The summed E-state index contributed by atoms with van der Waals surface area (Å²) in [5.41, 5.74) is 6.47. The van der Waals surface area contributed by atoms with Gasteiger partial charge in [-0.15, -0.1) is 0 Å². The number of benzene rings is 1. The molecule has 1 heterocycles. The third-order valence-corrected chi connectivity index (χ3v) is 2.72. The van der Waals surface area contributed by atoms with Crippen LogP contribution in [0.3, 0.4) is 0 Å². The van der Waals surface area contributed by atoms with E-state index in [-0.39, 0.29) is 5.95 Å². The van der Waals surface area contributed by atoms with E-state index in [9.17, 15) is 0 Å². The monoisotopic (exact) mass is 279 g/mol. The first-order valence-electron chi connectivity index (χ1n) is 4.85. The molecule has 0 aliphatic heterocycles. The van der Waals surface area contributed by atoms with E-state index in [0.29, 0.717) is 27.1 Å². The van der Waals surface area contributed by atoms with Gasteiger partial charge in [0.1, 0.15) is 5.02 Å². The first-order valence-corrected chi connectivity index (χ1v) is 5.60. The number of anilines is 3. The van der Waals surface area contributed by atoms with Gasteiger partial charge < -0.3 is 11.1 Å². The molecule has 2 aromatic rings. The fourth-order valence-corrected chi connectivity index (χ4v) is 1.59. The lowest BCUT2D eigenvalue weighted by Crippen LogP contribution is -2.01. The topological polar surface area (TPSA) is 87.6 Å². The van der Waals surface area contributed by atoms with Crippen LogP contribution in [0, 0.1) is 11.3 Å². The molecule has 0 bridgehead atoms. The summed E-state index contributed by atoms with van der Waals surface area (Å²) in [6, 6.07) is 6.84. The van der Waals surface area contributed by atoms with Crippen LogP contribution in [0.1, 0.15) is 5.56 Å². The summed E-state index contributed by atoms with van der Waals surface area (Å²) in [5.74, 6) is 0.426. The second-order valence-corrected chi connectivity index (χ2v) is 4.17. The fourth-order valence-electron chi connectivity index (χ4n) is 1.29. The third-order valence-electron chi connectivity index (χ3n) is 2.11. The average Bonchev–Trinajstić information content (AvgIpc) is 2.36. The van der Waals surface area contributed by atoms with E-state index in [1.165, 1.54) is 6.20 Å². The number of aromatic nitrogens is 2. The van der Waals surface area contributed by atoms with Crippen molar-refractivity contribution in [2.45, 2.75) is 0 Å². The highest BCUT2D eigenvalue weighted by atomic mass is 35.5. The number of hydrogen-bond donors (Lipinski definition) is 2. The Morgan fingerprint density at radius 2 is 2.06 bits per heavy atom. The molecule has 7 heteroatoms. The number of nitrogens with one attached hydrogen (secondary N) is 1. The predicted molar refractivity (Wildman–Crippen MR) is 70.9 cm³/mol. The van der Waals surface area contributed by atoms with E-state index in [1.54, 1.807) is 18.2 Å². The maximum Gasteiger partial charge on any atom is 0.222 e. The third kappa shape index (κ3) is 2.62. The lowest BCUT2D eigenvalue weighted by atomic mass is 10.2. The molecule has 0 fully saturated rings. The Kier molecular flexibility index (Phi) is 3.51. The van der Waals surface area contributed by atoms with Crippen LogP contribution in [0.15, 0.2) is 24.4 Å². The normalized spacial score (nSPS) is 9.83. The van der Waals surface area contributed by atoms with Gasteiger partial charge in [0.05, 0.1) is 28.5 Å². The lowest BCUT2D eigenvalue weighted by Gasteiger charge is -2.09. The van der Waals surface area contributed by atoms with Crippen LogP contribution in [-0.2, 0) is 0 Å².